The average molecular weight is 276 g/mol. The van der Waals surface area contributed by atoms with Crippen LogP contribution in [0.15, 0.2) is 0 Å². The first-order chi connectivity index (χ1) is 7.91. The standard InChI is InChI=1S/C9H16N4O2S2/c1-7(2)9-11-10-8(16-9)6-13-5-4-12(3)17(13,14)15/h7H,4-6H2,1-3H3. The third-order valence-corrected chi connectivity index (χ3v) is 5.82. The molecule has 0 radical (unpaired) electrons. The number of rotatable bonds is 3. The molecule has 2 heterocycles. The van der Waals surface area contributed by atoms with E-state index in [9.17, 15) is 8.42 Å². The summed E-state index contributed by atoms with van der Waals surface area (Å²) in [5, 5.41) is 9.80. The summed E-state index contributed by atoms with van der Waals surface area (Å²) >= 11 is 1.48. The van der Waals surface area contributed by atoms with E-state index < -0.39 is 10.2 Å². The van der Waals surface area contributed by atoms with Gasteiger partial charge in [0.25, 0.3) is 10.2 Å². The monoisotopic (exact) mass is 276 g/mol. The lowest BCUT2D eigenvalue weighted by atomic mass is 10.2. The van der Waals surface area contributed by atoms with Crippen LogP contribution in [0, 0.1) is 0 Å². The summed E-state index contributed by atoms with van der Waals surface area (Å²) in [6.07, 6.45) is 0. The van der Waals surface area contributed by atoms with Gasteiger partial charge in [-0.3, -0.25) is 0 Å². The summed E-state index contributed by atoms with van der Waals surface area (Å²) in [6.45, 7) is 5.49. The molecule has 0 spiro atoms. The molecule has 0 amide bonds. The van der Waals surface area contributed by atoms with Gasteiger partial charge in [-0.05, 0) is 0 Å². The lowest BCUT2D eigenvalue weighted by molar-refractivity contribution is 0.443. The summed E-state index contributed by atoms with van der Waals surface area (Å²) < 4.78 is 26.5. The number of likely N-dealkylation sites (N-methyl/N-ethyl adjacent to an activating group) is 1. The zero-order valence-electron chi connectivity index (χ0n) is 10.1. The van der Waals surface area contributed by atoms with Crippen molar-refractivity contribution in [2.24, 2.45) is 0 Å². The molecule has 0 atom stereocenters. The lowest BCUT2D eigenvalue weighted by Crippen LogP contribution is -2.30. The number of aromatic nitrogens is 2. The molecule has 1 aromatic rings. The van der Waals surface area contributed by atoms with Gasteiger partial charge in [0.15, 0.2) is 0 Å². The fraction of sp³-hybridized carbons (Fsp3) is 0.778. The van der Waals surface area contributed by atoms with E-state index in [-0.39, 0.29) is 0 Å². The normalized spacial score (nSPS) is 21.4. The van der Waals surface area contributed by atoms with Crippen molar-refractivity contribution in [1.29, 1.82) is 0 Å². The van der Waals surface area contributed by atoms with Gasteiger partial charge >= 0.3 is 0 Å². The van der Waals surface area contributed by atoms with Gasteiger partial charge in [-0.2, -0.15) is 17.0 Å². The van der Waals surface area contributed by atoms with Crippen LogP contribution in [0.5, 0.6) is 0 Å². The van der Waals surface area contributed by atoms with Crippen molar-refractivity contribution in [3.05, 3.63) is 10.0 Å². The minimum Gasteiger partial charge on any atom is -0.195 e. The molecule has 8 heteroatoms. The molecule has 0 aliphatic carbocycles. The van der Waals surface area contributed by atoms with Crippen LogP contribution in [0.2, 0.25) is 0 Å². The van der Waals surface area contributed by atoms with Gasteiger partial charge < -0.3 is 0 Å². The third kappa shape index (κ3) is 2.49. The zero-order valence-corrected chi connectivity index (χ0v) is 11.8. The molecule has 6 nitrogen and oxygen atoms in total. The first kappa shape index (κ1) is 12.9. The molecule has 1 aliphatic heterocycles. The molecule has 96 valence electrons. The molecular weight excluding hydrogens is 260 g/mol. The zero-order chi connectivity index (χ0) is 12.6. The van der Waals surface area contributed by atoms with Crippen molar-refractivity contribution in [1.82, 2.24) is 18.8 Å². The summed E-state index contributed by atoms with van der Waals surface area (Å²) in [5.41, 5.74) is 0. The Morgan fingerprint density at radius 2 is 2.06 bits per heavy atom. The minimum atomic E-state index is -3.27. The number of nitrogens with zero attached hydrogens (tertiary/aromatic N) is 4. The second kappa shape index (κ2) is 4.60. The Morgan fingerprint density at radius 1 is 1.35 bits per heavy atom. The molecule has 0 aromatic carbocycles. The van der Waals surface area contributed by atoms with Gasteiger partial charge in [0.05, 0.1) is 6.54 Å². The molecular formula is C9H16N4O2S2. The predicted octanol–water partition coefficient (Wildman–Crippen LogP) is 0.654. The Balaban J connectivity index is 2.11. The molecule has 0 saturated carbocycles. The van der Waals surface area contributed by atoms with Crippen LogP contribution >= 0.6 is 11.3 Å². The van der Waals surface area contributed by atoms with Gasteiger partial charge in [0, 0.05) is 26.1 Å². The van der Waals surface area contributed by atoms with Crippen LogP contribution in [0.4, 0.5) is 0 Å². The highest BCUT2D eigenvalue weighted by molar-refractivity contribution is 7.86. The molecule has 1 saturated heterocycles. The van der Waals surface area contributed by atoms with Crippen LogP contribution in [-0.2, 0) is 16.8 Å². The van der Waals surface area contributed by atoms with E-state index in [1.54, 1.807) is 7.05 Å². The Bertz CT molecular complexity index is 497. The quantitative estimate of drug-likeness (QED) is 0.813. The number of hydrogen-bond acceptors (Lipinski definition) is 5. The maximum absolute atomic E-state index is 11.8. The highest BCUT2D eigenvalue weighted by Crippen LogP contribution is 2.23. The summed E-state index contributed by atoms with van der Waals surface area (Å²) in [5.74, 6) is 0.333. The van der Waals surface area contributed by atoms with E-state index in [1.165, 1.54) is 19.9 Å². The van der Waals surface area contributed by atoms with Crippen LogP contribution in [-0.4, -0.2) is 47.4 Å². The van der Waals surface area contributed by atoms with Crippen molar-refractivity contribution in [2.45, 2.75) is 26.3 Å². The predicted molar refractivity (Wildman–Crippen MR) is 66.0 cm³/mol. The summed E-state index contributed by atoms with van der Waals surface area (Å²) in [6, 6.07) is 0. The maximum atomic E-state index is 11.8. The lowest BCUT2D eigenvalue weighted by Gasteiger charge is -2.13. The van der Waals surface area contributed by atoms with Gasteiger partial charge in [0.2, 0.25) is 0 Å². The van der Waals surface area contributed by atoms with Crippen molar-refractivity contribution in [3.63, 3.8) is 0 Å². The van der Waals surface area contributed by atoms with Crippen molar-refractivity contribution in [3.8, 4) is 0 Å². The Labute approximate surface area is 105 Å². The van der Waals surface area contributed by atoms with E-state index in [2.05, 4.69) is 10.2 Å². The van der Waals surface area contributed by atoms with Gasteiger partial charge in [-0.1, -0.05) is 25.2 Å². The highest BCUT2D eigenvalue weighted by Gasteiger charge is 2.34. The molecule has 1 aliphatic rings. The van der Waals surface area contributed by atoms with E-state index in [1.807, 2.05) is 13.8 Å². The smallest absolute Gasteiger partial charge is 0.195 e. The minimum absolute atomic E-state index is 0.330. The van der Waals surface area contributed by atoms with Crippen molar-refractivity contribution in [2.75, 3.05) is 20.1 Å². The first-order valence-electron chi connectivity index (χ1n) is 5.45. The summed E-state index contributed by atoms with van der Waals surface area (Å²) in [4.78, 5) is 0. The molecule has 0 unspecified atom stereocenters. The molecule has 2 rings (SSSR count). The van der Waals surface area contributed by atoms with E-state index >= 15 is 0 Å². The average Bonchev–Trinajstić information content (AvgIpc) is 2.79. The largest absolute Gasteiger partial charge is 0.282 e. The molecule has 17 heavy (non-hydrogen) atoms. The molecule has 1 fully saturated rings. The Morgan fingerprint density at radius 3 is 2.53 bits per heavy atom. The van der Waals surface area contributed by atoms with Crippen LogP contribution < -0.4 is 0 Å². The highest BCUT2D eigenvalue weighted by atomic mass is 32.2. The Kier molecular flexibility index (Phi) is 3.48. The SMILES string of the molecule is CC(C)c1nnc(CN2CCN(C)S2(=O)=O)s1. The van der Waals surface area contributed by atoms with E-state index in [0.29, 0.717) is 25.6 Å². The van der Waals surface area contributed by atoms with Gasteiger partial charge in [-0.15, -0.1) is 10.2 Å². The third-order valence-electron chi connectivity index (χ3n) is 2.67. The molecule has 0 bridgehead atoms. The molecule has 1 aromatic heterocycles. The van der Waals surface area contributed by atoms with Crippen LogP contribution in [0.25, 0.3) is 0 Å². The fourth-order valence-corrected chi connectivity index (χ4v) is 3.80. The first-order valence-corrected chi connectivity index (χ1v) is 7.66. The van der Waals surface area contributed by atoms with E-state index in [4.69, 9.17) is 0 Å². The van der Waals surface area contributed by atoms with Gasteiger partial charge in [-0.25, -0.2) is 0 Å². The second-order valence-electron chi connectivity index (χ2n) is 4.35. The van der Waals surface area contributed by atoms with E-state index in [0.717, 1.165) is 10.0 Å². The number of hydrogen-bond donors (Lipinski definition) is 0. The van der Waals surface area contributed by atoms with Crippen LogP contribution in [0.3, 0.4) is 0 Å². The maximum Gasteiger partial charge on any atom is 0.282 e. The van der Waals surface area contributed by atoms with Crippen molar-refractivity contribution < 1.29 is 8.42 Å². The summed E-state index contributed by atoms with van der Waals surface area (Å²) in [7, 11) is -1.68. The van der Waals surface area contributed by atoms with Gasteiger partial charge in [0.1, 0.15) is 10.0 Å². The van der Waals surface area contributed by atoms with Crippen LogP contribution in [0.1, 0.15) is 29.8 Å². The second-order valence-corrected chi connectivity index (χ2v) is 7.48. The molecule has 0 N–H and O–H groups in total. The Hall–Kier alpha value is -0.570. The topological polar surface area (TPSA) is 66.4 Å². The van der Waals surface area contributed by atoms with Crippen molar-refractivity contribution >= 4 is 21.5 Å². The fourth-order valence-electron chi connectivity index (χ4n) is 1.56.